The van der Waals surface area contributed by atoms with Gasteiger partial charge in [-0.3, -0.25) is 0 Å². The molecule has 0 aliphatic heterocycles. The van der Waals surface area contributed by atoms with Gasteiger partial charge in [0, 0.05) is 19.2 Å². The summed E-state index contributed by atoms with van der Waals surface area (Å²) in [6, 6.07) is 0.539. The Morgan fingerprint density at radius 2 is 1.72 bits per heavy atom. The first-order chi connectivity index (χ1) is 8.51. The quantitative estimate of drug-likeness (QED) is 0.598. The molecule has 0 aromatic rings. The van der Waals surface area contributed by atoms with Gasteiger partial charge in [-0.05, 0) is 18.3 Å². The first kappa shape index (κ1) is 17.9. The standard InChI is InChI=1S/C16H35NO/c1-7-9-10-15(8-2)12-18-16(13(3)4)11-17-14(5)6/h13-17H,7-12H2,1-6H3. The van der Waals surface area contributed by atoms with Gasteiger partial charge in [0.2, 0.25) is 0 Å². The third-order valence-corrected chi connectivity index (χ3v) is 3.56. The molecule has 0 bridgehead atoms. The highest BCUT2D eigenvalue weighted by Crippen LogP contribution is 2.15. The first-order valence-corrected chi connectivity index (χ1v) is 7.86. The molecule has 18 heavy (non-hydrogen) atoms. The third-order valence-electron chi connectivity index (χ3n) is 3.56. The molecule has 0 saturated heterocycles. The molecule has 1 N–H and O–H groups in total. The molecule has 2 unspecified atom stereocenters. The molecule has 0 amide bonds. The SMILES string of the molecule is CCCCC(CC)COC(CNC(C)C)C(C)C. The topological polar surface area (TPSA) is 21.3 Å². The molecule has 0 heterocycles. The number of rotatable bonds is 11. The Balaban J connectivity index is 3.99. The van der Waals surface area contributed by atoms with Crippen molar-refractivity contribution in [1.82, 2.24) is 5.32 Å². The second-order valence-electron chi connectivity index (χ2n) is 6.10. The van der Waals surface area contributed by atoms with Gasteiger partial charge in [0.1, 0.15) is 0 Å². The molecule has 0 aliphatic carbocycles. The minimum Gasteiger partial charge on any atom is -0.376 e. The van der Waals surface area contributed by atoms with Crippen LogP contribution in [0.2, 0.25) is 0 Å². The summed E-state index contributed by atoms with van der Waals surface area (Å²) >= 11 is 0. The second-order valence-corrected chi connectivity index (χ2v) is 6.10. The van der Waals surface area contributed by atoms with Crippen LogP contribution in [-0.4, -0.2) is 25.3 Å². The van der Waals surface area contributed by atoms with Gasteiger partial charge in [-0.2, -0.15) is 0 Å². The van der Waals surface area contributed by atoms with E-state index in [1.54, 1.807) is 0 Å². The third kappa shape index (κ3) is 8.93. The van der Waals surface area contributed by atoms with Crippen molar-refractivity contribution in [3.05, 3.63) is 0 Å². The molecule has 0 radical (unpaired) electrons. The molecule has 110 valence electrons. The van der Waals surface area contributed by atoms with Gasteiger partial charge in [0.05, 0.1) is 6.10 Å². The lowest BCUT2D eigenvalue weighted by Gasteiger charge is -2.25. The number of ether oxygens (including phenoxy) is 1. The molecule has 2 atom stereocenters. The summed E-state index contributed by atoms with van der Waals surface area (Å²) in [7, 11) is 0. The highest BCUT2D eigenvalue weighted by Gasteiger charge is 2.16. The van der Waals surface area contributed by atoms with Gasteiger partial charge in [-0.25, -0.2) is 0 Å². The lowest BCUT2D eigenvalue weighted by Crippen LogP contribution is -2.37. The summed E-state index contributed by atoms with van der Waals surface area (Å²) in [5, 5.41) is 3.49. The zero-order valence-electron chi connectivity index (χ0n) is 13.5. The first-order valence-electron chi connectivity index (χ1n) is 7.86. The fraction of sp³-hybridized carbons (Fsp3) is 1.00. The molecule has 0 aromatic heterocycles. The van der Waals surface area contributed by atoms with E-state index in [0.717, 1.165) is 19.1 Å². The molecular formula is C16H35NO. The van der Waals surface area contributed by atoms with E-state index in [2.05, 4.69) is 46.9 Å². The number of unbranched alkanes of at least 4 members (excludes halogenated alkanes) is 1. The van der Waals surface area contributed by atoms with E-state index in [0.29, 0.717) is 18.1 Å². The normalized spacial score (nSPS) is 15.3. The molecular weight excluding hydrogens is 222 g/mol. The molecule has 0 aromatic carbocycles. The Hall–Kier alpha value is -0.0800. The average Bonchev–Trinajstić information content (AvgIpc) is 2.31. The highest BCUT2D eigenvalue weighted by molar-refractivity contribution is 4.68. The Labute approximate surface area is 115 Å². The van der Waals surface area contributed by atoms with Crippen LogP contribution >= 0.6 is 0 Å². The maximum absolute atomic E-state index is 6.14. The van der Waals surface area contributed by atoms with Crippen LogP contribution in [0, 0.1) is 11.8 Å². The number of hydrogen-bond donors (Lipinski definition) is 1. The maximum Gasteiger partial charge on any atom is 0.0722 e. The fourth-order valence-electron chi connectivity index (χ4n) is 2.00. The van der Waals surface area contributed by atoms with Gasteiger partial charge < -0.3 is 10.1 Å². The van der Waals surface area contributed by atoms with Gasteiger partial charge in [-0.1, -0.05) is 60.8 Å². The van der Waals surface area contributed by atoms with E-state index in [1.165, 1.54) is 25.7 Å². The largest absolute Gasteiger partial charge is 0.376 e. The van der Waals surface area contributed by atoms with E-state index in [4.69, 9.17) is 4.74 Å². The lowest BCUT2D eigenvalue weighted by molar-refractivity contribution is -0.000664. The Morgan fingerprint density at radius 3 is 2.17 bits per heavy atom. The average molecular weight is 257 g/mol. The van der Waals surface area contributed by atoms with Crippen LogP contribution in [0.15, 0.2) is 0 Å². The Kier molecular flexibility index (Phi) is 10.8. The van der Waals surface area contributed by atoms with Crippen LogP contribution in [0.25, 0.3) is 0 Å². The monoisotopic (exact) mass is 257 g/mol. The van der Waals surface area contributed by atoms with E-state index in [9.17, 15) is 0 Å². The lowest BCUT2D eigenvalue weighted by atomic mass is 10.00. The van der Waals surface area contributed by atoms with E-state index in [1.807, 2.05) is 0 Å². The predicted octanol–water partition coefficient (Wildman–Crippen LogP) is 4.24. The smallest absolute Gasteiger partial charge is 0.0722 e. The van der Waals surface area contributed by atoms with Crippen LogP contribution in [0.4, 0.5) is 0 Å². The minimum absolute atomic E-state index is 0.350. The predicted molar refractivity (Wildman–Crippen MR) is 81.0 cm³/mol. The Bertz CT molecular complexity index is 180. The molecule has 0 rings (SSSR count). The maximum atomic E-state index is 6.14. The van der Waals surface area contributed by atoms with Crippen LogP contribution in [0.3, 0.4) is 0 Å². The highest BCUT2D eigenvalue weighted by atomic mass is 16.5. The molecule has 0 aliphatic rings. The molecule has 2 heteroatoms. The van der Waals surface area contributed by atoms with Crippen molar-refractivity contribution >= 4 is 0 Å². The van der Waals surface area contributed by atoms with Gasteiger partial charge in [0.25, 0.3) is 0 Å². The van der Waals surface area contributed by atoms with Crippen molar-refractivity contribution in [3.63, 3.8) is 0 Å². The summed E-state index contributed by atoms with van der Waals surface area (Å²) in [5.41, 5.74) is 0. The van der Waals surface area contributed by atoms with Gasteiger partial charge >= 0.3 is 0 Å². The summed E-state index contributed by atoms with van der Waals surface area (Å²) in [6.45, 7) is 15.3. The fourth-order valence-corrected chi connectivity index (χ4v) is 2.00. The summed E-state index contributed by atoms with van der Waals surface area (Å²) in [4.78, 5) is 0. The molecule has 2 nitrogen and oxygen atoms in total. The minimum atomic E-state index is 0.350. The number of hydrogen-bond acceptors (Lipinski definition) is 2. The van der Waals surface area contributed by atoms with Crippen LogP contribution in [0.1, 0.15) is 67.2 Å². The van der Waals surface area contributed by atoms with E-state index in [-0.39, 0.29) is 0 Å². The van der Waals surface area contributed by atoms with Gasteiger partial charge in [-0.15, -0.1) is 0 Å². The zero-order chi connectivity index (χ0) is 14.0. The second kappa shape index (κ2) is 10.8. The number of nitrogens with one attached hydrogen (secondary N) is 1. The van der Waals surface area contributed by atoms with E-state index < -0.39 is 0 Å². The van der Waals surface area contributed by atoms with Crippen molar-refractivity contribution in [3.8, 4) is 0 Å². The van der Waals surface area contributed by atoms with Crippen molar-refractivity contribution in [2.75, 3.05) is 13.2 Å². The van der Waals surface area contributed by atoms with Crippen molar-refractivity contribution < 1.29 is 4.74 Å². The van der Waals surface area contributed by atoms with Crippen LogP contribution in [0.5, 0.6) is 0 Å². The summed E-state index contributed by atoms with van der Waals surface area (Å²) in [6.07, 6.45) is 5.53. The van der Waals surface area contributed by atoms with Crippen molar-refractivity contribution in [1.29, 1.82) is 0 Å². The summed E-state index contributed by atoms with van der Waals surface area (Å²) in [5.74, 6) is 1.32. The molecule has 0 fully saturated rings. The zero-order valence-corrected chi connectivity index (χ0v) is 13.5. The van der Waals surface area contributed by atoms with Crippen LogP contribution < -0.4 is 5.32 Å². The van der Waals surface area contributed by atoms with E-state index >= 15 is 0 Å². The molecule has 0 saturated carbocycles. The van der Waals surface area contributed by atoms with Crippen molar-refractivity contribution in [2.24, 2.45) is 11.8 Å². The summed E-state index contributed by atoms with van der Waals surface area (Å²) < 4.78 is 6.14. The molecule has 0 spiro atoms. The Morgan fingerprint density at radius 1 is 1.06 bits per heavy atom. The van der Waals surface area contributed by atoms with Crippen molar-refractivity contribution in [2.45, 2.75) is 79.4 Å². The van der Waals surface area contributed by atoms with Crippen LogP contribution in [-0.2, 0) is 4.74 Å². The van der Waals surface area contributed by atoms with Gasteiger partial charge in [0.15, 0.2) is 0 Å².